The van der Waals surface area contributed by atoms with Crippen molar-refractivity contribution in [1.82, 2.24) is 0 Å². The molecule has 0 bridgehead atoms. The summed E-state index contributed by atoms with van der Waals surface area (Å²) in [6.07, 6.45) is 6.53. The topological polar surface area (TPSA) is 55.4 Å². The van der Waals surface area contributed by atoms with E-state index in [-0.39, 0.29) is 11.9 Å². The van der Waals surface area contributed by atoms with Crippen molar-refractivity contribution in [3.8, 4) is 0 Å². The third-order valence-corrected chi connectivity index (χ3v) is 6.16. The van der Waals surface area contributed by atoms with Gasteiger partial charge < -0.3 is 10.1 Å². The fraction of sp³-hybridized carbons (Fsp3) is 0.455. The van der Waals surface area contributed by atoms with Crippen molar-refractivity contribution in [2.75, 3.05) is 11.9 Å². The largest absolute Gasteiger partial charge is 0.462 e. The second-order valence-corrected chi connectivity index (χ2v) is 7.99. The summed E-state index contributed by atoms with van der Waals surface area (Å²) in [4.78, 5) is 26.4. The third kappa shape index (κ3) is 4.78. The Hall–Kier alpha value is -2.14. The van der Waals surface area contributed by atoms with Gasteiger partial charge in [-0.2, -0.15) is 0 Å². The van der Waals surface area contributed by atoms with Crippen LogP contribution in [0, 0.1) is 0 Å². The Labute approximate surface area is 164 Å². The van der Waals surface area contributed by atoms with Crippen molar-refractivity contribution >= 4 is 28.2 Å². The molecular weight excluding hydrogens is 358 g/mol. The van der Waals surface area contributed by atoms with E-state index in [1.807, 2.05) is 12.1 Å². The average Bonchev–Trinajstić information content (AvgIpc) is 2.83. The number of hydrogen-bond donors (Lipinski definition) is 1. The molecule has 27 heavy (non-hydrogen) atoms. The Bertz CT molecular complexity index is 808. The first-order valence-electron chi connectivity index (χ1n) is 9.81. The zero-order valence-corrected chi connectivity index (χ0v) is 16.9. The minimum atomic E-state index is -0.320. The molecule has 144 valence electrons. The minimum absolute atomic E-state index is 0.0961. The van der Waals surface area contributed by atoms with Crippen LogP contribution >= 0.6 is 11.3 Å². The molecule has 1 heterocycles. The van der Waals surface area contributed by atoms with Gasteiger partial charge in [0.25, 0.3) is 0 Å². The molecule has 1 N–H and O–H groups in total. The molecule has 0 saturated heterocycles. The van der Waals surface area contributed by atoms with Gasteiger partial charge in [-0.1, -0.05) is 37.6 Å². The predicted molar refractivity (Wildman–Crippen MR) is 110 cm³/mol. The maximum absolute atomic E-state index is 12.6. The Morgan fingerprint density at radius 1 is 1.04 bits per heavy atom. The molecule has 0 saturated carbocycles. The lowest BCUT2D eigenvalue weighted by Crippen LogP contribution is -2.17. The molecule has 3 rings (SSSR count). The monoisotopic (exact) mass is 385 g/mol. The molecule has 0 fully saturated rings. The highest BCUT2D eigenvalue weighted by atomic mass is 32.1. The fourth-order valence-electron chi connectivity index (χ4n) is 3.50. The van der Waals surface area contributed by atoms with E-state index in [0.29, 0.717) is 23.6 Å². The van der Waals surface area contributed by atoms with Crippen LogP contribution in [0.5, 0.6) is 0 Å². The van der Waals surface area contributed by atoms with Gasteiger partial charge in [0, 0.05) is 4.88 Å². The summed E-state index contributed by atoms with van der Waals surface area (Å²) >= 11 is 1.54. The molecule has 1 aliphatic carbocycles. The number of carbonyl (C=O) groups excluding carboxylic acids is 2. The molecule has 1 amide bonds. The van der Waals surface area contributed by atoms with Gasteiger partial charge in [-0.25, -0.2) is 4.79 Å². The van der Waals surface area contributed by atoms with Gasteiger partial charge in [-0.3, -0.25) is 4.79 Å². The van der Waals surface area contributed by atoms with Crippen LogP contribution in [0.25, 0.3) is 0 Å². The number of anilines is 1. The van der Waals surface area contributed by atoms with Crippen LogP contribution in [0.15, 0.2) is 24.3 Å². The molecule has 0 unspecified atom stereocenters. The van der Waals surface area contributed by atoms with E-state index in [4.69, 9.17) is 4.74 Å². The van der Waals surface area contributed by atoms with Gasteiger partial charge in [-0.15, -0.1) is 11.3 Å². The lowest BCUT2D eigenvalue weighted by atomic mass is 10.1. The number of carbonyl (C=O) groups is 2. The van der Waals surface area contributed by atoms with E-state index in [1.54, 1.807) is 18.3 Å². The van der Waals surface area contributed by atoms with Crippen LogP contribution < -0.4 is 5.32 Å². The molecule has 5 heteroatoms. The number of thiophene rings is 1. The van der Waals surface area contributed by atoms with Crippen LogP contribution in [0.3, 0.4) is 0 Å². The van der Waals surface area contributed by atoms with Crippen LogP contribution in [0.2, 0.25) is 0 Å². The number of nitrogens with one attached hydrogen (secondary N) is 1. The van der Waals surface area contributed by atoms with E-state index in [1.165, 1.54) is 16.9 Å². The van der Waals surface area contributed by atoms with Gasteiger partial charge in [0.15, 0.2) is 0 Å². The summed E-state index contributed by atoms with van der Waals surface area (Å²) < 4.78 is 5.28. The highest BCUT2D eigenvalue weighted by Gasteiger charge is 2.26. The molecule has 1 aromatic carbocycles. The van der Waals surface area contributed by atoms with Gasteiger partial charge in [0.1, 0.15) is 5.00 Å². The number of esters is 1. The zero-order chi connectivity index (χ0) is 19.2. The van der Waals surface area contributed by atoms with Crippen molar-refractivity contribution in [3.63, 3.8) is 0 Å². The summed E-state index contributed by atoms with van der Waals surface area (Å²) in [6, 6.07) is 8.10. The van der Waals surface area contributed by atoms with Crippen molar-refractivity contribution < 1.29 is 14.3 Å². The van der Waals surface area contributed by atoms with E-state index in [0.717, 1.165) is 43.2 Å². The summed E-state index contributed by atoms with van der Waals surface area (Å²) in [5.74, 6) is -0.416. The molecule has 0 aliphatic heterocycles. The number of fused-ring (bicyclic) bond motifs is 1. The Morgan fingerprint density at radius 3 is 2.44 bits per heavy atom. The van der Waals surface area contributed by atoms with Crippen LogP contribution in [-0.2, 0) is 35.2 Å². The molecular formula is C22H27NO3S. The van der Waals surface area contributed by atoms with Crippen molar-refractivity contribution in [3.05, 3.63) is 51.4 Å². The molecule has 1 aliphatic rings. The second kappa shape index (κ2) is 9.18. The molecule has 0 atom stereocenters. The van der Waals surface area contributed by atoms with Gasteiger partial charge in [0.05, 0.1) is 18.6 Å². The first-order valence-corrected chi connectivity index (χ1v) is 10.6. The van der Waals surface area contributed by atoms with Gasteiger partial charge in [0.2, 0.25) is 5.91 Å². The quantitative estimate of drug-likeness (QED) is 0.566. The standard InChI is InChI=1S/C22H27NO3S/c1-3-15-10-12-16(13-11-15)14-19(24)23-21-20(22(25)26-4-2)17-8-6-5-7-9-18(17)27-21/h10-13H,3-9,14H2,1-2H3,(H,23,24). The average molecular weight is 386 g/mol. The Morgan fingerprint density at radius 2 is 1.74 bits per heavy atom. The van der Waals surface area contributed by atoms with E-state index < -0.39 is 0 Å². The van der Waals surface area contributed by atoms with Crippen molar-refractivity contribution in [1.29, 1.82) is 0 Å². The van der Waals surface area contributed by atoms with Crippen LogP contribution in [0.4, 0.5) is 5.00 Å². The summed E-state index contributed by atoms with van der Waals surface area (Å²) in [7, 11) is 0. The smallest absolute Gasteiger partial charge is 0.341 e. The number of rotatable bonds is 6. The molecule has 0 radical (unpaired) electrons. The fourth-order valence-corrected chi connectivity index (χ4v) is 4.79. The maximum atomic E-state index is 12.6. The number of aryl methyl sites for hydroxylation is 2. The van der Waals surface area contributed by atoms with E-state index in [9.17, 15) is 9.59 Å². The first-order chi connectivity index (χ1) is 13.1. The number of amides is 1. The Balaban J connectivity index is 1.80. The van der Waals surface area contributed by atoms with Crippen molar-refractivity contribution in [2.45, 2.75) is 58.8 Å². The van der Waals surface area contributed by atoms with E-state index in [2.05, 4.69) is 24.4 Å². The Kier molecular flexibility index (Phi) is 6.67. The summed E-state index contributed by atoms with van der Waals surface area (Å²) in [6.45, 7) is 4.25. The highest BCUT2D eigenvalue weighted by Crippen LogP contribution is 2.38. The first kappa shape index (κ1) is 19.6. The maximum Gasteiger partial charge on any atom is 0.341 e. The molecule has 2 aromatic rings. The SMILES string of the molecule is CCOC(=O)c1c(NC(=O)Cc2ccc(CC)cc2)sc2c1CCCCC2. The normalized spacial score (nSPS) is 13.6. The van der Waals surface area contributed by atoms with Crippen LogP contribution in [-0.4, -0.2) is 18.5 Å². The molecule has 0 spiro atoms. The number of hydrogen-bond acceptors (Lipinski definition) is 4. The molecule has 1 aromatic heterocycles. The third-order valence-electron chi connectivity index (χ3n) is 4.95. The van der Waals surface area contributed by atoms with Gasteiger partial charge in [-0.05, 0) is 55.7 Å². The second-order valence-electron chi connectivity index (χ2n) is 6.88. The zero-order valence-electron chi connectivity index (χ0n) is 16.1. The molecule has 4 nitrogen and oxygen atoms in total. The lowest BCUT2D eigenvalue weighted by molar-refractivity contribution is -0.115. The number of benzene rings is 1. The van der Waals surface area contributed by atoms with Crippen molar-refractivity contribution in [2.24, 2.45) is 0 Å². The summed E-state index contributed by atoms with van der Waals surface area (Å²) in [5.41, 5.74) is 3.89. The van der Waals surface area contributed by atoms with Gasteiger partial charge >= 0.3 is 5.97 Å². The van der Waals surface area contributed by atoms with Crippen LogP contribution in [0.1, 0.15) is 65.0 Å². The summed E-state index contributed by atoms with van der Waals surface area (Å²) in [5, 5.41) is 3.63. The van der Waals surface area contributed by atoms with E-state index >= 15 is 0 Å². The highest BCUT2D eigenvalue weighted by molar-refractivity contribution is 7.17. The minimum Gasteiger partial charge on any atom is -0.462 e. The lowest BCUT2D eigenvalue weighted by Gasteiger charge is -2.09. The predicted octanol–water partition coefficient (Wildman–Crippen LogP) is 4.94. The number of ether oxygens (including phenoxy) is 1.